The molecule has 0 amide bonds. The minimum Gasteiger partial charge on any atom is -0.550 e. The topological polar surface area (TPSA) is 40.1 Å². The molecule has 2 nitrogen and oxygen atoms in total. The van der Waals surface area contributed by atoms with E-state index < -0.39 is 11.9 Å². The van der Waals surface area contributed by atoms with Gasteiger partial charge in [-0.05, 0) is 17.4 Å². The van der Waals surface area contributed by atoms with Gasteiger partial charge < -0.3 is 9.90 Å². The molecule has 0 aromatic heterocycles. The molecule has 1 fully saturated rings. The minimum atomic E-state index is -1.03. The summed E-state index contributed by atoms with van der Waals surface area (Å²) < 4.78 is 0.122. The largest absolute Gasteiger partial charge is 1.00 e. The molecule has 0 spiro atoms. The first kappa shape index (κ1) is 13.8. The maximum absolute atomic E-state index is 10.5. The van der Waals surface area contributed by atoms with Gasteiger partial charge in [0.1, 0.15) is 4.49 Å². The maximum atomic E-state index is 10.5. The second-order valence-electron chi connectivity index (χ2n) is 3.60. The van der Waals surface area contributed by atoms with Gasteiger partial charge in [0.2, 0.25) is 0 Å². The minimum absolute atomic E-state index is 0. The number of rotatable bonds is 2. The van der Waals surface area contributed by atoms with Crippen molar-refractivity contribution in [2.45, 2.75) is 13.8 Å². The summed E-state index contributed by atoms with van der Waals surface area (Å²) in [5.74, 6) is -1.58. The van der Waals surface area contributed by atoms with Crippen LogP contribution in [0.4, 0.5) is 0 Å². The first-order chi connectivity index (χ1) is 5.37. The van der Waals surface area contributed by atoms with E-state index in [1.165, 1.54) is 0 Å². The molecule has 2 unspecified atom stereocenters. The van der Waals surface area contributed by atoms with Gasteiger partial charge in [0.15, 0.2) is 0 Å². The van der Waals surface area contributed by atoms with E-state index in [1.54, 1.807) is 6.08 Å². The van der Waals surface area contributed by atoms with Gasteiger partial charge in [-0.3, -0.25) is 0 Å². The van der Waals surface area contributed by atoms with Gasteiger partial charge >= 0.3 is 29.6 Å². The zero-order valence-electron chi connectivity index (χ0n) is 7.80. The fourth-order valence-corrected chi connectivity index (χ4v) is 1.85. The Labute approximate surface area is 110 Å². The summed E-state index contributed by atoms with van der Waals surface area (Å²) >= 11 is 10.8. The molecule has 0 N–H and O–H groups in total. The number of allylic oxidation sites excluding steroid dienone is 1. The smallest absolute Gasteiger partial charge is 0.550 e. The summed E-state index contributed by atoms with van der Waals surface area (Å²) in [7, 11) is 0. The van der Waals surface area contributed by atoms with Crippen LogP contribution in [0.25, 0.3) is 0 Å². The maximum Gasteiger partial charge on any atom is 1.00 e. The first-order valence-corrected chi connectivity index (χ1v) is 4.36. The number of hydrogen-bond acceptors (Lipinski definition) is 2. The van der Waals surface area contributed by atoms with Crippen molar-refractivity contribution >= 4 is 29.2 Å². The van der Waals surface area contributed by atoms with Gasteiger partial charge in [-0.15, -0.1) is 0 Å². The Morgan fingerprint density at radius 1 is 1.46 bits per heavy atom. The third kappa shape index (κ3) is 2.87. The predicted molar refractivity (Wildman–Crippen MR) is 45.6 cm³/mol. The summed E-state index contributed by atoms with van der Waals surface area (Å²) in [6.07, 6.45) is 1.56. The van der Waals surface area contributed by atoms with Gasteiger partial charge in [-0.2, -0.15) is 0 Å². The quantitative estimate of drug-likeness (QED) is 0.533. The normalized spacial score (nSPS) is 28.6. The Morgan fingerprint density at radius 2 is 1.92 bits per heavy atom. The molecule has 0 heterocycles. The molecular weight excluding hydrogens is 222 g/mol. The third-order valence-corrected chi connectivity index (χ3v) is 2.72. The van der Waals surface area contributed by atoms with Crippen LogP contribution in [0.5, 0.6) is 0 Å². The van der Waals surface area contributed by atoms with E-state index in [2.05, 4.69) is 0 Å². The molecule has 0 aromatic rings. The Balaban J connectivity index is 0.00000144. The average molecular weight is 231 g/mol. The molecule has 0 radical (unpaired) electrons. The number of aliphatic carboxylic acids is 1. The molecule has 1 saturated carbocycles. The van der Waals surface area contributed by atoms with E-state index in [0.29, 0.717) is 0 Å². The molecule has 0 bridgehead atoms. The van der Waals surface area contributed by atoms with Crippen molar-refractivity contribution < 1.29 is 39.5 Å². The van der Waals surface area contributed by atoms with E-state index in [-0.39, 0.29) is 45.4 Å². The fourth-order valence-electron chi connectivity index (χ4n) is 1.57. The van der Waals surface area contributed by atoms with Crippen LogP contribution in [0.2, 0.25) is 0 Å². The van der Waals surface area contributed by atoms with Gasteiger partial charge in [-0.25, -0.2) is 0 Å². The van der Waals surface area contributed by atoms with Gasteiger partial charge in [-0.1, -0.05) is 37.0 Å². The van der Waals surface area contributed by atoms with Crippen LogP contribution in [0.3, 0.4) is 0 Å². The molecule has 0 aromatic carbocycles. The number of carboxylic acids is 1. The molecule has 13 heavy (non-hydrogen) atoms. The summed E-state index contributed by atoms with van der Waals surface area (Å²) in [5, 5.41) is 10.5. The first-order valence-electron chi connectivity index (χ1n) is 3.61. The predicted octanol–water partition coefficient (Wildman–Crippen LogP) is -1.67. The Hall–Kier alpha value is 0.790. The summed E-state index contributed by atoms with van der Waals surface area (Å²) in [6, 6.07) is 0. The van der Waals surface area contributed by atoms with E-state index in [1.807, 2.05) is 13.8 Å². The summed E-state index contributed by atoms with van der Waals surface area (Å²) in [5.41, 5.74) is -0.270. The Bertz CT molecular complexity index is 247. The van der Waals surface area contributed by atoms with Gasteiger partial charge in [0, 0.05) is 11.9 Å². The standard InChI is InChI=1S/C8H10Cl2O2.Na/c1-8(2)4(3-5(9)10)6(8)7(11)12;/h3-4,6H,1-2H3,(H,11,12);/q;+1/p-1. The SMILES string of the molecule is CC1(C)C(C=C(Cl)Cl)C1C(=O)[O-].[Na+]. The molecule has 68 valence electrons. The van der Waals surface area contributed by atoms with Crippen molar-refractivity contribution in [3.8, 4) is 0 Å². The van der Waals surface area contributed by atoms with E-state index in [4.69, 9.17) is 23.2 Å². The molecule has 1 rings (SSSR count). The van der Waals surface area contributed by atoms with Crippen LogP contribution in [-0.2, 0) is 4.79 Å². The molecular formula is C8H9Cl2NaO2. The van der Waals surface area contributed by atoms with Crippen molar-refractivity contribution in [2.24, 2.45) is 17.3 Å². The number of carbonyl (C=O) groups is 1. The van der Waals surface area contributed by atoms with Crippen LogP contribution in [0, 0.1) is 17.3 Å². The number of carboxylic acid groups (broad SMARTS) is 1. The van der Waals surface area contributed by atoms with Crippen LogP contribution in [0.15, 0.2) is 10.6 Å². The van der Waals surface area contributed by atoms with Crippen molar-refractivity contribution in [2.75, 3.05) is 0 Å². The Kier molecular flexibility index (Phi) is 4.82. The molecule has 0 saturated heterocycles. The zero-order chi connectivity index (χ0) is 9.52. The summed E-state index contributed by atoms with van der Waals surface area (Å²) in [6.45, 7) is 3.71. The van der Waals surface area contributed by atoms with Gasteiger partial charge in [0.05, 0.1) is 0 Å². The van der Waals surface area contributed by atoms with Crippen LogP contribution < -0.4 is 34.7 Å². The van der Waals surface area contributed by atoms with Crippen molar-refractivity contribution in [1.29, 1.82) is 0 Å². The molecule has 1 aliphatic rings. The fraction of sp³-hybridized carbons (Fsp3) is 0.625. The van der Waals surface area contributed by atoms with Crippen LogP contribution in [-0.4, -0.2) is 5.97 Å². The zero-order valence-corrected chi connectivity index (χ0v) is 11.3. The summed E-state index contributed by atoms with van der Waals surface area (Å²) in [4.78, 5) is 10.5. The number of halogens is 2. The van der Waals surface area contributed by atoms with E-state index in [9.17, 15) is 9.90 Å². The number of hydrogen-bond donors (Lipinski definition) is 0. The molecule has 0 aliphatic heterocycles. The second kappa shape index (κ2) is 4.54. The molecule has 1 aliphatic carbocycles. The van der Waals surface area contributed by atoms with Crippen LogP contribution in [0.1, 0.15) is 13.8 Å². The van der Waals surface area contributed by atoms with Crippen molar-refractivity contribution in [3.05, 3.63) is 10.6 Å². The Morgan fingerprint density at radius 3 is 2.15 bits per heavy atom. The molecule has 5 heteroatoms. The van der Waals surface area contributed by atoms with Crippen molar-refractivity contribution in [3.63, 3.8) is 0 Å². The molecule has 2 atom stereocenters. The third-order valence-electron chi connectivity index (χ3n) is 2.47. The second-order valence-corrected chi connectivity index (χ2v) is 4.61. The van der Waals surface area contributed by atoms with E-state index >= 15 is 0 Å². The van der Waals surface area contributed by atoms with Crippen LogP contribution >= 0.6 is 23.2 Å². The van der Waals surface area contributed by atoms with E-state index in [0.717, 1.165) is 0 Å². The number of carbonyl (C=O) groups excluding carboxylic acids is 1. The van der Waals surface area contributed by atoms with Crippen molar-refractivity contribution in [1.82, 2.24) is 0 Å². The average Bonchev–Trinajstić information content (AvgIpc) is 2.32. The monoisotopic (exact) mass is 230 g/mol. The van der Waals surface area contributed by atoms with Gasteiger partial charge in [0.25, 0.3) is 0 Å².